The minimum Gasteiger partial charge on any atom is -0.449 e. The van der Waals surface area contributed by atoms with E-state index in [1.807, 2.05) is 0 Å². The van der Waals surface area contributed by atoms with Crippen molar-refractivity contribution in [2.45, 2.75) is 63.3 Å². The number of carbonyl (C=O) groups is 1. The Morgan fingerprint density at radius 2 is 2.19 bits per heavy atom. The van der Waals surface area contributed by atoms with E-state index < -0.39 is 0 Å². The van der Waals surface area contributed by atoms with Gasteiger partial charge < -0.3 is 4.74 Å². The first kappa shape index (κ1) is 15.0. The van der Waals surface area contributed by atoms with Crippen LogP contribution >= 0.6 is 11.3 Å². The smallest absolute Gasteiger partial charge is 0.317 e. The predicted molar refractivity (Wildman–Crippen MR) is 85.4 cm³/mol. The SMILES string of the molecule is CC1CCCCN1COC(=O)C1(c2ccsc2)CCCC1. The van der Waals surface area contributed by atoms with Crippen molar-refractivity contribution in [1.29, 1.82) is 0 Å². The number of esters is 1. The highest BCUT2D eigenvalue weighted by Gasteiger charge is 2.44. The summed E-state index contributed by atoms with van der Waals surface area (Å²) in [6, 6.07) is 2.63. The minimum atomic E-state index is -0.362. The van der Waals surface area contributed by atoms with Gasteiger partial charge in [-0.2, -0.15) is 11.3 Å². The maximum absolute atomic E-state index is 12.8. The number of carbonyl (C=O) groups excluding carboxylic acids is 1. The summed E-state index contributed by atoms with van der Waals surface area (Å²) in [5.41, 5.74) is 0.806. The zero-order chi connectivity index (χ0) is 14.7. The van der Waals surface area contributed by atoms with Gasteiger partial charge >= 0.3 is 5.97 Å². The number of rotatable bonds is 4. The molecule has 1 saturated heterocycles. The molecule has 1 aromatic heterocycles. The van der Waals surface area contributed by atoms with Crippen LogP contribution in [0.3, 0.4) is 0 Å². The molecule has 0 aromatic carbocycles. The van der Waals surface area contributed by atoms with Gasteiger partial charge in [-0.3, -0.25) is 9.69 Å². The Bertz CT molecular complexity index is 465. The van der Waals surface area contributed by atoms with Gasteiger partial charge in [-0.15, -0.1) is 0 Å². The van der Waals surface area contributed by atoms with Crippen molar-refractivity contribution in [2.24, 2.45) is 0 Å². The lowest BCUT2D eigenvalue weighted by atomic mass is 9.80. The molecule has 1 aliphatic carbocycles. The van der Waals surface area contributed by atoms with Crippen LogP contribution in [-0.2, 0) is 14.9 Å². The zero-order valence-electron chi connectivity index (χ0n) is 12.8. The Balaban J connectivity index is 1.65. The van der Waals surface area contributed by atoms with Gasteiger partial charge in [0.25, 0.3) is 0 Å². The van der Waals surface area contributed by atoms with E-state index in [4.69, 9.17) is 4.74 Å². The Labute approximate surface area is 131 Å². The van der Waals surface area contributed by atoms with Gasteiger partial charge in [0.05, 0.1) is 5.41 Å². The molecule has 0 radical (unpaired) electrons. The highest BCUT2D eigenvalue weighted by Crippen LogP contribution is 2.43. The van der Waals surface area contributed by atoms with E-state index >= 15 is 0 Å². The van der Waals surface area contributed by atoms with Gasteiger partial charge in [-0.1, -0.05) is 19.3 Å². The van der Waals surface area contributed by atoms with Crippen LogP contribution in [0.2, 0.25) is 0 Å². The van der Waals surface area contributed by atoms with Gasteiger partial charge in [-0.25, -0.2) is 0 Å². The first-order chi connectivity index (χ1) is 10.2. The largest absolute Gasteiger partial charge is 0.449 e. The monoisotopic (exact) mass is 307 g/mol. The summed E-state index contributed by atoms with van der Waals surface area (Å²) in [7, 11) is 0. The van der Waals surface area contributed by atoms with Crippen LogP contribution in [0.25, 0.3) is 0 Å². The fourth-order valence-electron chi connectivity index (χ4n) is 3.76. The quantitative estimate of drug-likeness (QED) is 0.789. The molecule has 1 saturated carbocycles. The van der Waals surface area contributed by atoms with Gasteiger partial charge in [-0.05, 0) is 55.0 Å². The lowest BCUT2D eigenvalue weighted by Gasteiger charge is -2.34. The van der Waals surface area contributed by atoms with Gasteiger partial charge in [0.2, 0.25) is 0 Å². The number of hydrogen-bond acceptors (Lipinski definition) is 4. The van der Waals surface area contributed by atoms with Crippen LogP contribution in [0.15, 0.2) is 16.8 Å². The second-order valence-corrected chi connectivity index (χ2v) is 7.30. The summed E-state index contributed by atoms with van der Waals surface area (Å²) < 4.78 is 5.75. The molecule has 1 unspecified atom stereocenters. The fraction of sp³-hybridized carbons (Fsp3) is 0.706. The third kappa shape index (κ3) is 3.02. The predicted octanol–water partition coefficient (Wildman–Crippen LogP) is 3.94. The molecule has 0 amide bonds. The molecular formula is C17H25NO2S. The zero-order valence-corrected chi connectivity index (χ0v) is 13.7. The maximum atomic E-state index is 12.8. The summed E-state index contributed by atoms with van der Waals surface area (Å²) in [6.07, 6.45) is 7.88. The van der Waals surface area contributed by atoms with Crippen molar-refractivity contribution in [3.63, 3.8) is 0 Å². The highest BCUT2D eigenvalue weighted by atomic mass is 32.1. The molecule has 0 spiro atoms. The number of likely N-dealkylation sites (tertiary alicyclic amines) is 1. The summed E-state index contributed by atoms with van der Waals surface area (Å²) in [4.78, 5) is 15.1. The standard InChI is InChI=1S/C17H25NO2S/c1-14-6-2-5-10-18(14)13-20-16(19)17(8-3-4-9-17)15-7-11-21-12-15/h7,11-12,14H,2-6,8-10,13H2,1H3. The van der Waals surface area contributed by atoms with Gasteiger partial charge in [0, 0.05) is 12.6 Å². The van der Waals surface area contributed by atoms with Crippen molar-refractivity contribution >= 4 is 17.3 Å². The number of nitrogens with zero attached hydrogens (tertiary/aromatic N) is 1. The summed E-state index contributed by atoms with van der Waals surface area (Å²) in [6.45, 7) is 3.75. The number of hydrogen-bond donors (Lipinski definition) is 0. The number of thiophene rings is 1. The molecular weight excluding hydrogens is 282 g/mol. The van der Waals surface area contributed by atoms with Crippen LogP contribution in [-0.4, -0.2) is 30.2 Å². The van der Waals surface area contributed by atoms with E-state index in [2.05, 4.69) is 28.7 Å². The van der Waals surface area contributed by atoms with Crippen molar-refractivity contribution in [2.75, 3.05) is 13.3 Å². The Morgan fingerprint density at radius 3 is 2.86 bits per heavy atom. The molecule has 2 fully saturated rings. The van der Waals surface area contributed by atoms with E-state index in [1.54, 1.807) is 11.3 Å². The number of ether oxygens (including phenoxy) is 1. The van der Waals surface area contributed by atoms with Crippen molar-refractivity contribution < 1.29 is 9.53 Å². The van der Waals surface area contributed by atoms with E-state index in [1.165, 1.54) is 24.8 Å². The Morgan fingerprint density at radius 1 is 1.38 bits per heavy atom. The molecule has 3 nitrogen and oxygen atoms in total. The number of piperidine rings is 1. The molecule has 3 rings (SSSR count). The average molecular weight is 307 g/mol. The molecule has 1 aliphatic heterocycles. The third-order valence-electron chi connectivity index (χ3n) is 5.22. The molecule has 2 aliphatic rings. The second kappa shape index (κ2) is 6.49. The molecule has 2 heterocycles. The van der Waals surface area contributed by atoms with Crippen LogP contribution in [0.1, 0.15) is 57.4 Å². The molecule has 1 atom stereocenters. The van der Waals surface area contributed by atoms with Crippen molar-refractivity contribution in [3.8, 4) is 0 Å². The minimum absolute atomic E-state index is 0.00354. The van der Waals surface area contributed by atoms with Crippen LogP contribution in [0, 0.1) is 0 Å². The normalized spacial score (nSPS) is 25.9. The topological polar surface area (TPSA) is 29.5 Å². The maximum Gasteiger partial charge on any atom is 0.317 e. The van der Waals surface area contributed by atoms with E-state index in [9.17, 15) is 4.79 Å². The molecule has 1 aromatic rings. The van der Waals surface area contributed by atoms with Crippen LogP contribution < -0.4 is 0 Å². The molecule has 0 bridgehead atoms. The Hall–Kier alpha value is -0.870. The summed E-state index contributed by atoms with van der Waals surface area (Å²) in [5.74, 6) is -0.00354. The lowest BCUT2D eigenvalue weighted by Crippen LogP contribution is -2.42. The van der Waals surface area contributed by atoms with Crippen LogP contribution in [0.4, 0.5) is 0 Å². The van der Waals surface area contributed by atoms with E-state index in [-0.39, 0.29) is 11.4 Å². The van der Waals surface area contributed by atoms with E-state index in [0.717, 1.165) is 32.2 Å². The fourth-order valence-corrected chi connectivity index (χ4v) is 4.51. The van der Waals surface area contributed by atoms with Crippen molar-refractivity contribution in [3.05, 3.63) is 22.4 Å². The lowest BCUT2D eigenvalue weighted by molar-refractivity contribution is -0.157. The summed E-state index contributed by atoms with van der Waals surface area (Å²) >= 11 is 1.67. The first-order valence-electron chi connectivity index (χ1n) is 8.16. The third-order valence-corrected chi connectivity index (χ3v) is 5.91. The van der Waals surface area contributed by atoms with Crippen molar-refractivity contribution in [1.82, 2.24) is 4.90 Å². The molecule has 21 heavy (non-hydrogen) atoms. The Kier molecular flexibility index (Phi) is 4.65. The van der Waals surface area contributed by atoms with Gasteiger partial charge in [0.15, 0.2) is 0 Å². The molecule has 116 valence electrons. The molecule has 0 N–H and O–H groups in total. The first-order valence-corrected chi connectivity index (χ1v) is 9.11. The van der Waals surface area contributed by atoms with Gasteiger partial charge in [0.1, 0.15) is 6.73 Å². The highest BCUT2D eigenvalue weighted by molar-refractivity contribution is 7.08. The average Bonchev–Trinajstić information content (AvgIpc) is 3.17. The second-order valence-electron chi connectivity index (χ2n) is 6.52. The molecule has 4 heteroatoms. The summed E-state index contributed by atoms with van der Waals surface area (Å²) in [5, 5.41) is 4.19. The van der Waals surface area contributed by atoms with Crippen LogP contribution in [0.5, 0.6) is 0 Å². The van der Waals surface area contributed by atoms with E-state index in [0.29, 0.717) is 12.8 Å².